The maximum atomic E-state index is 14.2. The third kappa shape index (κ3) is 36.7. The van der Waals surface area contributed by atoms with Gasteiger partial charge in [0.2, 0.25) is 76.8 Å². The molecule has 0 heterocycles. The molecule has 0 aliphatic rings. The van der Waals surface area contributed by atoms with Crippen molar-refractivity contribution in [2.75, 3.05) is 13.1 Å². The summed E-state index contributed by atoms with van der Waals surface area (Å²) in [6, 6.07) is -13.9. The van der Waals surface area contributed by atoms with Gasteiger partial charge in [-0.25, -0.2) is 4.79 Å². The molecule has 0 bridgehead atoms. The number of hydrogen-bond acceptors (Lipinski definition) is 22. The number of carbonyl (C=O) groups excluding carboxylic acids is 13. The molecule has 13 amide bonds. The Morgan fingerprint density at radius 3 is 1.14 bits per heavy atom. The number of aliphatic hydroxyl groups excluding tert-OH is 2. The van der Waals surface area contributed by atoms with E-state index in [4.69, 9.17) is 22.9 Å². The van der Waals surface area contributed by atoms with Crippen molar-refractivity contribution in [3.63, 3.8) is 0 Å². The van der Waals surface area contributed by atoms with Crippen molar-refractivity contribution in [3.8, 4) is 0 Å². The first kappa shape index (κ1) is 94.3. The summed E-state index contributed by atoms with van der Waals surface area (Å²) in [5, 5.41) is 89.8. The molecule has 41 heteroatoms. The molecule has 1 rings (SSSR count). The lowest BCUT2D eigenvalue weighted by molar-refractivity contribution is -0.143. The van der Waals surface area contributed by atoms with Gasteiger partial charge in [0, 0.05) is 13.0 Å². The normalized spacial score (nSPS) is 15.6. The molecule has 0 saturated carbocycles. The van der Waals surface area contributed by atoms with Gasteiger partial charge in [-0.05, 0) is 123 Å². The van der Waals surface area contributed by atoms with Gasteiger partial charge in [-0.1, -0.05) is 58.0 Å². The lowest BCUT2D eigenvalue weighted by atomic mass is 10.0. The van der Waals surface area contributed by atoms with Crippen LogP contribution in [0.3, 0.4) is 0 Å². The first-order chi connectivity index (χ1) is 49.9. The Morgan fingerprint density at radius 2 is 0.720 bits per heavy atom. The first-order valence-electron chi connectivity index (χ1n) is 34.6. The Bertz CT molecular complexity index is 3260. The summed E-state index contributed by atoms with van der Waals surface area (Å²) < 4.78 is 0. The monoisotopic (exact) mass is 1520 g/mol. The summed E-state index contributed by atoms with van der Waals surface area (Å²) >= 11 is 0. The lowest BCUT2D eigenvalue weighted by Gasteiger charge is -2.28. The number of aliphatic imine (C=N–C) groups is 1. The topological polar surface area (TPSA) is 684 Å². The number of nitrogens with one attached hydrogen (secondary N) is 13. The van der Waals surface area contributed by atoms with Crippen LogP contribution in [0.15, 0.2) is 35.3 Å². The van der Waals surface area contributed by atoms with Crippen LogP contribution in [-0.4, -0.2) is 247 Å². The molecule has 107 heavy (non-hydrogen) atoms. The zero-order chi connectivity index (χ0) is 81.7. The minimum atomic E-state index is -2.09. The van der Waals surface area contributed by atoms with E-state index in [0.29, 0.717) is 6.42 Å². The molecule has 0 spiro atoms. The molecule has 16 atom stereocenters. The number of rotatable bonds is 50. The minimum Gasteiger partial charge on any atom is -0.481 e. The van der Waals surface area contributed by atoms with Gasteiger partial charge in [0.05, 0.1) is 31.1 Å². The Kier molecular flexibility index (Phi) is 42.1. The summed E-state index contributed by atoms with van der Waals surface area (Å²) in [7, 11) is 0. The summed E-state index contributed by atoms with van der Waals surface area (Å²) in [5.74, 6) is -21.6. The molecule has 0 unspecified atom stereocenters. The van der Waals surface area contributed by atoms with Crippen LogP contribution in [0.25, 0.3) is 0 Å². The number of carboxylic acid groups (broad SMARTS) is 4. The van der Waals surface area contributed by atoms with Gasteiger partial charge in [0.15, 0.2) is 5.96 Å². The van der Waals surface area contributed by atoms with E-state index in [1.165, 1.54) is 20.8 Å². The van der Waals surface area contributed by atoms with Gasteiger partial charge in [-0.15, -0.1) is 0 Å². The molecule has 1 aromatic carbocycles. The highest BCUT2D eigenvalue weighted by Gasteiger charge is 2.39. The molecule has 1 aromatic rings. The average molecular weight is 1520 g/mol. The number of nitrogens with zero attached hydrogens (tertiary/aromatic N) is 1. The van der Waals surface area contributed by atoms with Crippen molar-refractivity contribution in [3.05, 3.63) is 35.9 Å². The number of guanidine groups is 1. The summed E-state index contributed by atoms with van der Waals surface area (Å²) in [5.41, 5.74) is 23.3. The fourth-order valence-electron chi connectivity index (χ4n) is 10.0. The van der Waals surface area contributed by atoms with Crippen LogP contribution < -0.4 is 92.1 Å². The number of aliphatic hydroxyl groups is 2. The van der Waals surface area contributed by atoms with Crippen molar-refractivity contribution in [1.82, 2.24) is 69.1 Å². The Morgan fingerprint density at radius 1 is 0.383 bits per heavy atom. The van der Waals surface area contributed by atoms with Gasteiger partial charge in [0.1, 0.15) is 78.5 Å². The van der Waals surface area contributed by atoms with E-state index in [2.05, 4.69) is 74.1 Å². The van der Waals surface area contributed by atoms with E-state index in [1.807, 2.05) is 0 Å². The number of unbranched alkanes of at least 4 members (excludes halogenated alkanes) is 1. The number of carbonyl (C=O) groups is 17. The Labute approximate surface area is 617 Å². The number of hydrogen-bond donors (Lipinski definition) is 23. The molecule has 600 valence electrons. The second-order valence-corrected chi connectivity index (χ2v) is 26.6. The highest BCUT2D eigenvalue weighted by molar-refractivity contribution is 6.01. The van der Waals surface area contributed by atoms with E-state index in [-0.39, 0.29) is 69.9 Å². The quantitative estimate of drug-likeness (QED) is 0.0164. The van der Waals surface area contributed by atoms with Crippen LogP contribution in [0, 0.1) is 11.8 Å². The van der Waals surface area contributed by atoms with Crippen LogP contribution in [0.5, 0.6) is 0 Å². The number of aliphatic carboxylic acids is 4. The Balaban J connectivity index is 3.39. The van der Waals surface area contributed by atoms with Gasteiger partial charge in [-0.2, -0.15) is 0 Å². The molecular formula is C66H108N18O23. The standard InChI is InChI=1S/C66H108N18O23/c1-30(2)25-43(81-61(102)46(29-49(91)92)80-54(95)33(6)72-52(93)32(5)73-56(97)39(68)27-38-17-12-11-13-18-38)60(101)77-40(20-16-24-71-66(69)70)57(98)74-35(8)55(96)79-44(26-31(3)4)62(103)84-51(37(10)86)64(105)82-45(28-48(89)90)59(100)75-34(7)53(94)76-41(21-22-47(87)88)58(99)83-50(36(9)85)63(104)78-42(65(106)107)19-14-15-23-67/h11-13,17-18,30-37,39-46,50-51,85-86H,14-16,19-29,67-68H2,1-10H3,(H,72,93)(H,73,97)(H,74,98)(H,75,100)(H,76,94)(H,77,101)(H,78,104)(H,79,96)(H,80,95)(H,81,102)(H,82,105)(H,83,99)(H,84,103)(H,87,88)(H,89,90)(H,91,92)(H,106,107)(H4,69,70,71)/t32-,33-,34-,35-,36+,37+,39-,40-,41-,42-,43-,44-,45-,46-,50-,51-/m0/s1. The second-order valence-electron chi connectivity index (χ2n) is 26.6. The lowest BCUT2D eigenvalue weighted by Crippen LogP contribution is -2.62. The predicted molar refractivity (Wildman–Crippen MR) is 380 cm³/mol. The van der Waals surface area contributed by atoms with Crippen molar-refractivity contribution in [2.24, 2.45) is 39.8 Å². The molecule has 0 saturated heterocycles. The van der Waals surface area contributed by atoms with Crippen LogP contribution in [0.2, 0.25) is 0 Å². The van der Waals surface area contributed by atoms with E-state index in [0.717, 1.165) is 26.3 Å². The van der Waals surface area contributed by atoms with Gasteiger partial charge in [-0.3, -0.25) is 81.7 Å². The molecule has 0 aliphatic heterocycles. The maximum Gasteiger partial charge on any atom is 0.326 e. The minimum absolute atomic E-state index is 0.00897. The fraction of sp³-hybridized carbons (Fsp3) is 0.636. The third-order valence-corrected chi connectivity index (χ3v) is 15.9. The fourth-order valence-corrected chi connectivity index (χ4v) is 10.0. The smallest absolute Gasteiger partial charge is 0.326 e. The van der Waals surface area contributed by atoms with E-state index >= 15 is 0 Å². The molecule has 0 aromatic heterocycles. The van der Waals surface area contributed by atoms with Crippen molar-refractivity contribution >= 4 is 107 Å². The summed E-state index contributed by atoms with van der Waals surface area (Å²) in [6.07, 6.45) is -6.95. The zero-order valence-corrected chi connectivity index (χ0v) is 61.6. The summed E-state index contributed by atoms with van der Waals surface area (Å²) in [6.45, 7) is 13.6. The predicted octanol–water partition coefficient (Wildman–Crippen LogP) is -7.13. The number of nitrogens with two attached hydrogens (primary N) is 4. The van der Waals surface area contributed by atoms with Gasteiger partial charge < -0.3 is 123 Å². The van der Waals surface area contributed by atoms with Crippen molar-refractivity contribution in [1.29, 1.82) is 0 Å². The first-order valence-corrected chi connectivity index (χ1v) is 34.6. The average Bonchev–Trinajstić information content (AvgIpc) is 0.795. The van der Waals surface area contributed by atoms with Gasteiger partial charge in [0.25, 0.3) is 0 Å². The van der Waals surface area contributed by atoms with Gasteiger partial charge >= 0.3 is 23.9 Å². The van der Waals surface area contributed by atoms with Crippen LogP contribution in [0.4, 0.5) is 0 Å². The molecule has 41 nitrogen and oxygen atoms in total. The maximum absolute atomic E-state index is 14.2. The van der Waals surface area contributed by atoms with Crippen LogP contribution in [0.1, 0.15) is 145 Å². The number of benzene rings is 1. The van der Waals surface area contributed by atoms with E-state index in [1.54, 1.807) is 58.0 Å². The molecule has 0 fully saturated rings. The molecule has 0 radical (unpaired) electrons. The second kappa shape index (κ2) is 47.7. The molecule has 0 aliphatic carbocycles. The highest BCUT2D eigenvalue weighted by Crippen LogP contribution is 2.13. The summed E-state index contributed by atoms with van der Waals surface area (Å²) in [4.78, 5) is 229. The van der Waals surface area contributed by atoms with E-state index in [9.17, 15) is 112 Å². The van der Waals surface area contributed by atoms with Crippen LogP contribution in [-0.2, 0) is 87.9 Å². The van der Waals surface area contributed by atoms with E-state index < -0.39 is 229 Å². The largest absolute Gasteiger partial charge is 0.481 e. The highest BCUT2D eigenvalue weighted by atomic mass is 16.4. The number of carboxylic acids is 4. The zero-order valence-electron chi connectivity index (χ0n) is 61.6. The third-order valence-electron chi connectivity index (χ3n) is 15.9. The Hall–Kier alpha value is -10.7. The van der Waals surface area contributed by atoms with Crippen LogP contribution >= 0.6 is 0 Å². The van der Waals surface area contributed by atoms with Crippen molar-refractivity contribution < 1.29 is 112 Å². The number of amides is 13. The van der Waals surface area contributed by atoms with Crippen molar-refractivity contribution in [2.45, 2.75) is 243 Å². The SMILES string of the molecule is CC(C)C[C@H](NC(=O)[C@H](C)NC(=O)[C@H](CCCN=C(N)N)NC(=O)[C@H](CC(C)C)NC(=O)[C@H](CC(=O)O)NC(=O)[C@H](C)NC(=O)[C@H](C)NC(=O)[C@@H](N)Cc1ccccc1)C(=O)N[C@H](C(=O)N[C@@H](CC(=O)O)C(=O)N[C@@H](C)C(=O)N[C@@H](CCC(=O)O)C(=O)N[C@H](C(=O)N[C@@H](CCCCN)C(=O)O)[C@@H](C)O)[C@@H](C)O. The molecular weight excluding hydrogens is 1410 g/mol. The molecule has 27 N–H and O–H groups in total.